The zero-order valence-corrected chi connectivity index (χ0v) is 12.3. The first kappa shape index (κ1) is 9.92. The number of rotatable bonds is 2. The van der Waals surface area contributed by atoms with Crippen LogP contribution in [0.3, 0.4) is 0 Å². The minimum absolute atomic E-state index is 0.669. The number of methoxy groups -OCH3 is 2. The molecule has 1 aromatic carbocycles. The van der Waals surface area contributed by atoms with Gasteiger partial charge in [-0.1, -0.05) is 0 Å². The molecule has 0 atom stereocenters. The van der Waals surface area contributed by atoms with Gasteiger partial charge in [0.1, 0.15) is 0 Å². The van der Waals surface area contributed by atoms with E-state index in [0.29, 0.717) is 26.3 Å². The maximum absolute atomic E-state index is 5.34. The molecule has 0 aromatic heterocycles. The van der Waals surface area contributed by atoms with Crippen molar-refractivity contribution in [3.8, 4) is 11.5 Å². The normalized spacial score (nSPS) is 14.0. The first-order valence-corrected chi connectivity index (χ1v) is 14.0. The van der Waals surface area contributed by atoms with Gasteiger partial charge in [0.25, 0.3) is 0 Å². The Balaban J connectivity index is 2.52. The van der Waals surface area contributed by atoms with Crippen LogP contribution in [-0.4, -0.2) is 51.8 Å². The van der Waals surface area contributed by atoms with E-state index < -0.39 is 0 Å². The van der Waals surface area contributed by atoms with Gasteiger partial charge in [0.2, 0.25) is 0 Å². The summed E-state index contributed by atoms with van der Waals surface area (Å²) < 4.78 is 13.6. The standard InChI is InChI=1S/C8H8O2Se3/c1-9-5-3-4-6(10-2)8-7(5)11-13-12-8/h3-4H,1-2H3. The fourth-order valence-corrected chi connectivity index (χ4v) is 22.0. The van der Waals surface area contributed by atoms with Gasteiger partial charge < -0.3 is 0 Å². The van der Waals surface area contributed by atoms with Gasteiger partial charge in [0, 0.05) is 0 Å². The maximum atomic E-state index is 5.34. The van der Waals surface area contributed by atoms with Gasteiger partial charge in [-0.25, -0.2) is 0 Å². The van der Waals surface area contributed by atoms with Crippen LogP contribution in [0.2, 0.25) is 0 Å². The van der Waals surface area contributed by atoms with E-state index >= 15 is 0 Å². The molecule has 0 unspecified atom stereocenters. The molecule has 0 radical (unpaired) electrons. The molecule has 2 rings (SSSR count). The third-order valence-electron chi connectivity index (χ3n) is 1.71. The summed E-state index contributed by atoms with van der Waals surface area (Å²) in [6.07, 6.45) is 0. The topological polar surface area (TPSA) is 18.5 Å². The minimum atomic E-state index is 0.669. The predicted molar refractivity (Wildman–Crippen MR) is 56.1 cm³/mol. The van der Waals surface area contributed by atoms with E-state index in [0.717, 1.165) is 22.8 Å². The van der Waals surface area contributed by atoms with Gasteiger partial charge in [0.05, 0.1) is 0 Å². The summed E-state index contributed by atoms with van der Waals surface area (Å²) in [6, 6.07) is 4.05. The zero-order valence-electron chi connectivity index (χ0n) is 7.20. The van der Waals surface area contributed by atoms with E-state index in [2.05, 4.69) is 0 Å². The molecule has 2 nitrogen and oxygen atoms in total. The van der Waals surface area contributed by atoms with Crippen molar-refractivity contribution in [2.45, 2.75) is 0 Å². The molecular formula is C8H8O2Se3. The van der Waals surface area contributed by atoms with E-state index in [4.69, 9.17) is 9.47 Å². The summed E-state index contributed by atoms with van der Waals surface area (Å²) in [5, 5.41) is 0. The first-order valence-electron chi connectivity index (χ1n) is 3.63. The summed E-state index contributed by atoms with van der Waals surface area (Å²) in [5.41, 5.74) is 0. The fraction of sp³-hybridized carbons (Fsp3) is 0.250. The second-order valence-corrected chi connectivity index (χ2v) is 17.9. The van der Waals surface area contributed by atoms with Crippen molar-refractivity contribution < 1.29 is 9.47 Å². The second kappa shape index (κ2) is 4.27. The van der Waals surface area contributed by atoms with Crippen molar-refractivity contribution in [1.29, 1.82) is 0 Å². The Labute approximate surface area is 93.3 Å². The van der Waals surface area contributed by atoms with E-state index in [1.807, 2.05) is 12.1 Å². The molecule has 0 amide bonds. The van der Waals surface area contributed by atoms with Crippen LogP contribution in [0.5, 0.6) is 11.5 Å². The van der Waals surface area contributed by atoms with Crippen molar-refractivity contribution >= 4 is 46.5 Å². The Morgan fingerprint density at radius 2 is 1.38 bits per heavy atom. The summed E-state index contributed by atoms with van der Waals surface area (Å²) >= 11 is 2.16. The van der Waals surface area contributed by atoms with E-state index in [1.165, 1.54) is 8.92 Å². The molecule has 1 aromatic rings. The molecule has 1 aliphatic rings. The molecule has 0 N–H and O–H groups in total. The molecule has 0 bridgehead atoms. The zero-order chi connectivity index (χ0) is 9.26. The van der Waals surface area contributed by atoms with Gasteiger partial charge in [-0.15, -0.1) is 0 Å². The number of hydrogen-bond acceptors (Lipinski definition) is 2. The van der Waals surface area contributed by atoms with Crippen molar-refractivity contribution in [2.75, 3.05) is 14.2 Å². The molecule has 1 heterocycles. The molecule has 0 aliphatic carbocycles. The second-order valence-electron chi connectivity index (χ2n) is 2.36. The Morgan fingerprint density at radius 1 is 0.923 bits per heavy atom. The summed E-state index contributed by atoms with van der Waals surface area (Å²) in [5.74, 6) is 2.13. The van der Waals surface area contributed by atoms with E-state index in [9.17, 15) is 0 Å². The van der Waals surface area contributed by atoms with Crippen LogP contribution in [0, 0.1) is 0 Å². The SMILES string of the molecule is COc1ccc(OC)c2c1[Se][Se][Se]2. The van der Waals surface area contributed by atoms with Crippen LogP contribution in [0.25, 0.3) is 0 Å². The molecule has 0 saturated heterocycles. The summed E-state index contributed by atoms with van der Waals surface area (Å²) in [7, 11) is 3.49. The molecule has 5 heteroatoms. The van der Waals surface area contributed by atoms with Crippen LogP contribution < -0.4 is 18.4 Å². The Bertz CT molecular complexity index is 296. The molecular weight excluding hydrogens is 365 g/mol. The first-order chi connectivity index (χ1) is 6.36. The van der Waals surface area contributed by atoms with Gasteiger partial charge in [0.15, 0.2) is 0 Å². The molecule has 0 fully saturated rings. The average Bonchev–Trinajstić information content (AvgIpc) is 2.64. The number of benzene rings is 1. The molecule has 70 valence electrons. The van der Waals surface area contributed by atoms with E-state index in [-0.39, 0.29) is 0 Å². The van der Waals surface area contributed by atoms with E-state index in [1.54, 1.807) is 14.2 Å². The monoisotopic (exact) mass is 376 g/mol. The summed E-state index contributed by atoms with van der Waals surface area (Å²) in [6.45, 7) is 0. The van der Waals surface area contributed by atoms with Gasteiger partial charge in [-0.05, 0) is 0 Å². The number of hydrogen-bond donors (Lipinski definition) is 0. The van der Waals surface area contributed by atoms with Gasteiger partial charge in [-0.2, -0.15) is 0 Å². The third kappa shape index (κ3) is 1.78. The Kier molecular flexibility index (Phi) is 3.26. The van der Waals surface area contributed by atoms with Crippen molar-refractivity contribution in [3.05, 3.63) is 12.1 Å². The van der Waals surface area contributed by atoms with Crippen LogP contribution in [0.15, 0.2) is 12.1 Å². The third-order valence-corrected chi connectivity index (χ3v) is 17.9. The average molecular weight is 373 g/mol. The summed E-state index contributed by atoms with van der Waals surface area (Å²) in [4.78, 5) is 0. The predicted octanol–water partition coefficient (Wildman–Crippen LogP) is -1.09. The Morgan fingerprint density at radius 3 is 1.77 bits per heavy atom. The van der Waals surface area contributed by atoms with Crippen LogP contribution in [0.1, 0.15) is 0 Å². The van der Waals surface area contributed by atoms with Crippen molar-refractivity contribution in [1.82, 2.24) is 0 Å². The quantitative estimate of drug-likeness (QED) is 0.614. The van der Waals surface area contributed by atoms with Crippen LogP contribution in [-0.2, 0) is 0 Å². The fourth-order valence-electron chi connectivity index (χ4n) is 1.09. The molecule has 0 saturated carbocycles. The Hall–Kier alpha value is 0.378. The van der Waals surface area contributed by atoms with Crippen molar-refractivity contribution in [3.63, 3.8) is 0 Å². The molecule has 1 aliphatic heterocycles. The number of ether oxygens (including phenoxy) is 2. The van der Waals surface area contributed by atoms with Crippen LogP contribution >= 0.6 is 0 Å². The number of fused-ring (bicyclic) bond motifs is 1. The van der Waals surface area contributed by atoms with Gasteiger partial charge >= 0.3 is 93.8 Å². The van der Waals surface area contributed by atoms with Crippen molar-refractivity contribution in [2.24, 2.45) is 0 Å². The molecule has 13 heavy (non-hydrogen) atoms. The van der Waals surface area contributed by atoms with Gasteiger partial charge in [-0.3, -0.25) is 0 Å². The van der Waals surface area contributed by atoms with Crippen LogP contribution in [0.4, 0.5) is 0 Å². The molecule has 0 spiro atoms.